The van der Waals surface area contributed by atoms with Crippen LogP contribution in [0.3, 0.4) is 0 Å². The molecule has 0 aliphatic rings. The number of ether oxygens (including phenoxy) is 1. The summed E-state index contributed by atoms with van der Waals surface area (Å²) in [5.41, 5.74) is 3.33. The van der Waals surface area contributed by atoms with Crippen LogP contribution in [0.15, 0.2) is 42.5 Å². The summed E-state index contributed by atoms with van der Waals surface area (Å²) in [4.78, 5) is 23.6. The van der Waals surface area contributed by atoms with Crippen LogP contribution in [0.25, 0.3) is 0 Å². The van der Waals surface area contributed by atoms with Crippen LogP contribution in [0.2, 0.25) is 0 Å². The third-order valence-electron chi connectivity index (χ3n) is 3.88. The number of hydrogen-bond donors (Lipinski definition) is 1. The molecule has 0 unspecified atom stereocenters. The van der Waals surface area contributed by atoms with Gasteiger partial charge in [0.15, 0.2) is 9.84 Å². The summed E-state index contributed by atoms with van der Waals surface area (Å²) in [7, 11) is -2.43. The van der Waals surface area contributed by atoms with Crippen LogP contribution < -0.4 is 5.32 Å². The number of nitrogens with one attached hydrogen (secondary N) is 1. The first-order valence-corrected chi connectivity index (χ1v) is 9.77. The molecule has 0 aliphatic carbocycles. The Morgan fingerprint density at radius 1 is 1.04 bits per heavy atom. The number of anilines is 1. The van der Waals surface area contributed by atoms with Gasteiger partial charge in [-0.05, 0) is 54.8 Å². The van der Waals surface area contributed by atoms with Crippen LogP contribution in [-0.4, -0.2) is 33.2 Å². The number of carbonyl (C=O) groups excluding carboxylic acids is 2. The summed E-state index contributed by atoms with van der Waals surface area (Å²) in [6, 6.07) is 11.5. The molecule has 1 amide bonds. The maximum absolute atomic E-state index is 12.3. The Bertz CT molecular complexity index is 935. The Morgan fingerprint density at radius 3 is 2.42 bits per heavy atom. The molecular formula is C19H21NO5S. The first-order chi connectivity index (χ1) is 12.2. The second-order valence-corrected chi connectivity index (χ2v) is 8.14. The molecule has 0 heterocycles. The third-order valence-corrected chi connectivity index (χ3v) is 5.35. The number of benzene rings is 2. The fourth-order valence-electron chi connectivity index (χ4n) is 2.43. The minimum absolute atomic E-state index is 0.264. The standard InChI is InChI=1S/C19H21NO5S/c1-13-7-8-17(9-14(13)2)20-18(21)12-26(23,24)11-15-5-4-6-16(10-15)19(22)25-3/h4-10H,11-12H2,1-3H3,(H,20,21). The molecule has 0 bridgehead atoms. The fraction of sp³-hybridized carbons (Fsp3) is 0.263. The molecule has 2 aromatic carbocycles. The van der Waals surface area contributed by atoms with Crippen LogP contribution in [0, 0.1) is 13.8 Å². The van der Waals surface area contributed by atoms with Gasteiger partial charge in [0.1, 0.15) is 5.75 Å². The van der Waals surface area contributed by atoms with E-state index < -0.39 is 27.5 Å². The maximum atomic E-state index is 12.3. The van der Waals surface area contributed by atoms with E-state index >= 15 is 0 Å². The SMILES string of the molecule is COC(=O)c1cccc(CS(=O)(=O)CC(=O)Nc2ccc(C)c(C)c2)c1. The molecule has 138 valence electrons. The highest BCUT2D eigenvalue weighted by Gasteiger charge is 2.18. The first kappa shape index (κ1) is 19.7. The number of carbonyl (C=O) groups is 2. The van der Waals surface area contributed by atoms with Crippen molar-refractivity contribution in [3.63, 3.8) is 0 Å². The largest absolute Gasteiger partial charge is 0.465 e. The van der Waals surface area contributed by atoms with Crippen LogP contribution in [0.1, 0.15) is 27.0 Å². The Hall–Kier alpha value is -2.67. The molecule has 0 saturated heterocycles. The van der Waals surface area contributed by atoms with Gasteiger partial charge in [0.2, 0.25) is 5.91 Å². The van der Waals surface area contributed by atoms with Gasteiger partial charge < -0.3 is 10.1 Å². The van der Waals surface area contributed by atoms with Gasteiger partial charge in [-0.15, -0.1) is 0 Å². The minimum atomic E-state index is -3.69. The monoisotopic (exact) mass is 375 g/mol. The van der Waals surface area contributed by atoms with E-state index in [9.17, 15) is 18.0 Å². The summed E-state index contributed by atoms with van der Waals surface area (Å²) in [5, 5.41) is 2.60. The summed E-state index contributed by atoms with van der Waals surface area (Å²) in [6.45, 7) is 3.86. The molecule has 0 radical (unpaired) electrons. The molecule has 26 heavy (non-hydrogen) atoms. The highest BCUT2D eigenvalue weighted by Crippen LogP contribution is 2.15. The Balaban J connectivity index is 2.05. The van der Waals surface area contributed by atoms with Crippen molar-refractivity contribution in [2.24, 2.45) is 0 Å². The Labute approximate surface area is 153 Å². The molecule has 0 saturated carbocycles. The molecule has 7 heteroatoms. The summed E-state index contributed by atoms with van der Waals surface area (Å²) in [5.74, 6) is -2.12. The zero-order valence-corrected chi connectivity index (χ0v) is 15.7. The molecule has 0 spiro atoms. The van der Waals surface area contributed by atoms with E-state index in [2.05, 4.69) is 10.1 Å². The fourth-order valence-corrected chi connectivity index (χ4v) is 3.69. The Kier molecular flexibility index (Phi) is 6.15. The van der Waals surface area contributed by atoms with E-state index in [1.807, 2.05) is 19.9 Å². The molecular weight excluding hydrogens is 354 g/mol. The van der Waals surface area contributed by atoms with Gasteiger partial charge in [0.05, 0.1) is 18.4 Å². The van der Waals surface area contributed by atoms with E-state index in [1.54, 1.807) is 24.3 Å². The van der Waals surface area contributed by atoms with E-state index in [-0.39, 0.29) is 11.3 Å². The van der Waals surface area contributed by atoms with Gasteiger partial charge >= 0.3 is 5.97 Å². The molecule has 6 nitrogen and oxygen atoms in total. The zero-order valence-electron chi connectivity index (χ0n) is 14.9. The van der Waals surface area contributed by atoms with Crippen molar-refractivity contribution >= 4 is 27.4 Å². The maximum Gasteiger partial charge on any atom is 0.337 e. The molecule has 2 aromatic rings. The predicted octanol–water partition coefficient (Wildman–Crippen LogP) is 2.64. The van der Waals surface area contributed by atoms with Crippen molar-refractivity contribution in [1.29, 1.82) is 0 Å². The van der Waals surface area contributed by atoms with Crippen molar-refractivity contribution in [1.82, 2.24) is 0 Å². The molecule has 2 rings (SSSR count). The second kappa shape index (κ2) is 8.14. The molecule has 1 N–H and O–H groups in total. The van der Waals surface area contributed by atoms with Crippen molar-refractivity contribution in [2.75, 3.05) is 18.2 Å². The van der Waals surface area contributed by atoms with Crippen molar-refractivity contribution in [3.05, 3.63) is 64.7 Å². The normalized spacial score (nSPS) is 11.0. The summed E-state index contributed by atoms with van der Waals surface area (Å²) in [6.07, 6.45) is 0. The number of sulfone groups is 1. The van der Waals surface area contributed by atoms with Crippen LogP contribution in [0.4, 0.5) is 5.69 Å². The van der Waals surface area contributed by atoms with Gasteiger partial charge in [-0.1, -0.05) is 18.2 Å². The number of rotatable bonds is 6. The quantitative estimate of drug-likeness (QED) is 0.784. The van der Waals surface area contributed by atoms with E-state index in [1.165, 1.54) is 19.2 Å². The minimum Gasteiger partial charge on any atom is -0.465 e. The van der Waals surface area contributed by atoms with Gasteiger partial charge in [-0.25, -0.2) is 13.2 Å². The van der Waals surface area contributed by atoms with Gasteiger partial charge in [0, 0.05) is 5.69 Å². The summed E-state index contributed by atoms with van der Waals surface area (Å²) >= 11 is 0. The van der Waals surface area contributed by atoms with Crippen LogP contribution in [0.5, 0.6) is 0 Å². The number of methoxy groups -OCH3 is 1. The second-order valence-electron chi connectivity index (χ2n) is 6.07. The molecule has 0 aliphatic heterocycles. The first-order valence-electron chi connectivity index (χ1n) is 7.95. The molecule has 0 atom stereocenters. The van der Waals surface area contributed by atoms with E-state index in [0.717, 1.165) is 11.1 Å². The predicted molar refractivity (Wildman–Crippen MR) is 99.8 cm³/mol. The lowest BCUT2D eigenvalue weighted by Crippen LogP contribution is -2.24. The molecule has 0 aromatic heterocycles. The van der Waals surface area contributed by atoms with Gasteiger partial charge in [-0.2, -0.15) is 0 Å². The van der Waals surface area contributed by atoms with E-state index in [0.29, 0.717) is 11.3 Å². The highest BCUT2D eigenvalue weighted by molar-refractivity contribution is 7.91. The van der Waals surface area contributed by atoms with Gasteiger partial charge in [-0.3, -0.25) is 4.79 Å². The lowest BCUT2D eigenvalue weighted by atomic mass is 10.1. The average molecular weight is 375 g/mol. The Morgan fingerprint density at radius 2 is 1.77 bits per heavy atom. The van der Waals surface area contributed by atoms with Gasteiger partial charge in [0.25, 0.3) is 0 Å². The topological polar surface area (TPSA) is 89.5 Å². The molecule has 0 fully saturated rings. The number of hydrogen-bond acceptors (Lipinski definition) is 5. The van der Waals surface area contributed by atoms with E-state index in [4.69, 9.17) is 0 Å². The van der Waals surface area contributed by atoms with Crippen molar-refractivity contribution in [2.45, 2.75) is 19.6 Å². The highest BCUT2D eigenvalue weighted by atomic mass is 32.2. The smallest absolute Gasteiger partial charge is 0.337 e. The average Bonchev–Trinajstić information content (AvgIpc) is 2.56. The zero-order chi connectivity index (χ0) is 19.3. The third kappa shape index (κ3) is 5.42. The number of esters is 1. The van der Waals surface area contributed by atoms with Crippen molar-refractivity contribution in [3.8, 4) is 0 Å². The number of amides is 1. The van der Waals surface area contributed by atoms with Crippen molar-refractivity contribution < 1.29 is 22.7 Å². The number of aryl methyl sites for hydroxylation is 2. The lowest BCUT2D eigenvalue weighted by Gasteiger charge is -2.09. The van der Waals surface area contributed by atoms with Crippen LogP contribution >= 0.6 is 0 Å². The van der Waals surface area contributed by atoms with Crippen LogP contribution in [-0.2, 0) is 25.1 Å². The summed E-state index contributed by atoms with van der Waals surface area (Å²) < 4.78 is 29.2. The lowest BCUT2D eigenvalue weighted by molar-refractivity contribution is -0.113.